The Bertz CT molecular complexity index is 367. The Morgan fingerprint density at radius 3 is 3.23 bits per heavy atom. The summed E-state index contributed by atoms with van der Waals surface area (Å²) in [4.78, 5) is 8.32. The van der Waals surface area contributed by atoms with E-state index in [4.69, 9.17) is 0 Å². The van der Waals surface area contributed by atoms with Gasteiger partial charge in [-0.25, -0.2) is 9.50 Å². The first-order valence-electron chi connectivity index (χ1n) is 3.69. The first-order chi connectivity index (χ1) is 6.40. The standard InChI is InChI=1S/C7H8N4S2/c1-12-5-13-7-9-6-8-3-2-4-11(6)10-7/h2-4H,5H2,1H3. The summed E-state index contributed by atoms with van der Waals surface area (Å²) >= 11 is 3.39. The van der Waals surface area contributed by atoms with Crippen LogP contribution >= 0.6 is 23.5 Å². The van der Waals surface area contributed by atoms with Gasteiger partial charge in [0.05, 0.1) is 0 Å². The molecule has 4 nitrogen and oxygen atoms in total. The van der Waals surface area contributed by atoms with E-state index in [1.807, 2.05) is 12.3 Å². The average molecular weight is 212 g/mol. The van der Waals surface area contributed by atoms with Crippen molar-refractivity contribution in [3.8, 4) is 0 Å². The molecule has 13 heavy (non-hydrogen) atoms. The maximum Gasteiger partial charge on any atom is 0.253 e. The predicted molar refractivity (Wildman–Crippen MR) is 55.0 cm³/mol. The first-order valence-corrected chi connectivity index (χ1v) is 6.07. The number of thioether (sulfide) groups is 2. The van der Waals surface area contributed by atoms with Crippen molar-refractivity contribution < 1.29 is 0 Å². The minimum absolute atomic E-state index is 0.658. The molecule has 68 valence electrons. The summed E-state index contributed by atoms with van der Waals surface area (Å²) in [6, 6.07) is 1.84. The largest absolute Gasteiger partial charge is 0.253 e. The maximum absolute atomic E-state index is 4.24. The number of aromatic nitrogens is 4. The van der Waals surface area contributed by atoms with E-state index in [9.17, 15) is 0 Å². The van der Waals surface area contributed by atoms with Gasteiger partial charge in [0.1, 0.15) is 0 Å². The topological polar surface area (TPSA) is 43.1 Å². The summed E-state index contributed by atoms with van der Waals surface area (Å²) in [5.74, 6) is 0.658. The molecule has 0 unspecified atom stereocenters. The molecule has 0 aromatic carbocycles. The van der Waals surface area contributed by atoms with Gasteiger partial charge in [-0.2, -0.15) is 16.7 Å². The van der Waals surface area contributed by atoms with Gasteiger partial charge >= 0.3 is 0 Å². The van der Waals surface area contributed by atoms with Gasteiger partial charge in [-0.15, -0.1) is 5.10 Å². The Hall–Kier alpha value is -0.750. The molecule has 0 N–H and O–H groups in total. The highest BCUT2D eigenvalue weighted by Gasteiger charge is 2.02. The third kappa shape index (κ3) is 1.94. The van der Waals surface area contributed by atoms with Gasteiger partial charge in [0, 0.05) is 17.5 Å². The number of nitrogens with zero attached hydrogens (tertiary/aromatic N) is 4. The molecule has 2 rings (SSSR count). The van der Waals surface area contributed by atoms with Crippen LogP contribution in [0.15, 0.2) is 23.6 Å². The molecule has 0 fully saturated rings. The predicted octanol–water partition coefficient (Wildman–Crippen LogP) is 1.54. The fourth-order valence-electron chi connectivity index (χ4n) is 0.887. The van der Waals surface area contributed by atoms with E-state index in [0.29, 0.717) is 5.78 Å². The Labute approximate surface area is 84.2 Å². The van der Waals surface area contributed by atoms with E-state index in [-0.39, 0.29) is 0 Å². The van der Waals surface area contributed by atoms with Gasteiger partial charge < -0.3 is 0 Å². The van der Waals surface area contributed by atoms with Crippen LogP contribution in [0.5, 0.6) is 0 Å². The van der Waals surface area contributed by atoms with Crippen LogP contribution in [0.1, 0.15) is 0 Å². The van der Waals surface area contributed by atoms with Gasteiger partial charge in [0.2, 0.25) is 5.16 Å². The minimum atomic E-state index is 0.658. The highest BCUT2D eigenvalue weighted by Crippen LogP contribution is 2.17. The van der Waals surface area contributed by atoms with Crippen molar-refractivity contribution in [3.05, 3.63) is 18.5 Å². The highest BCUT2D eigenvalue weighted by molar-refractivity contribution is 8.15. The number of hydrogen-bond donors (Lipinski definition) is 0. The summed E-state index contributed by atoms with van der Waals surface area (Å²) < 4.78 is 1.68. The van der Waals surface area contributed by atoms with Crippen molar-refractivity contribution in [2.45, 2.75) is 5.16 Å². The van der Waals surface area contributed by atoms with Gasteiger partial charge in [0.25, 0.3) is 5.78 Å². The molecular formula is C7H8N4S2. The average Bonchev–Trinajstić information content (AvgIpc) is 2.57. The van der Waals surface area contributed by atoms with Crippen molar-refractivity contribution in [1.29, 1.82) is 0 Å². The molecule has 0 aliphatic carbocycles. The molecule has 0 bridgehead atoms. The van der Waals surface area contributed by atoms with Crippen molar-refractivity contribution in [1.82, 2.24) is 19.6 Å². The molecule has 2 aromatic heterocycles. The van der Waals surface area contributed by atoms with Crippen LogP contribution in [0.2, 0.25) is 0 Å². The van der Waals surface area contributed by atoms with E-state index >= 15 is 0 Å². The second-order valence-corrected chi connectivity index (χ2v) is 4.48. The van der Waals surface area contributed by atoms with Crippen molar-refractivity contribution in [2.24, 2.45) is 0 Å². The lowest BCUT2D eigenvalue weighted by atomic mass is 10.7. The summed E-state index contributed by atoms with van der Waals surface area (Å²) in [7, 11) is 0. The lowest BCUT2D eigenvalue weighted by Gasteiger charge is -1.88. The van der Waals surface area contributed by atoms with Gasteiger partial charge in [0.15, 0.2) is 0 Å². The van der Waals surface area contributed by atoms with Crippen molar-refractivity contribution >= 4 is 29.3 Å². The molecular weight excluding hydrogens is 204 g/mol. The lowest BCUT2D eigenvalue weighted by molar-refractivity contribution is 0.880. The highest BCUT2D eigenvalue weighted by atomic mass is 32.2. The molecule has 2 aromatic rings. The lowest BCUT2D eigenvalue weighted by Crippen LogP contribution is -1.86. The zero-order valence-electron chi connectivity index (χ0n) is 7.04. The van der Waals surface area contributed by atoms with Crippen LogP contribution < -0.4 is 0 Å². The smallest absolute Gasteiger partial charge is 0.220 e. The number of rotatable bonds is 3. The van der Waals surface area contributed by atoms with Crippen LogP contribution in [0.25, 0.3) is 5.78 Å². The molecule has 0 amide bonds. The zero-order chi connectivity index (χ0) is 9.10. The molecule has 0 radical (unpaired) electrons. The van der Waals surface area contributed by atoms with Crippen LogP contribution in [-0.4, -0.2) is 30.9 Å². The second-order valence-electron chi connectivity index (χ2n) is 2.31. The summed E-state index contributed by atoms with van der Waals surface area (Å²) in [5, 5.41) is 6.00. The van der Waals surface area contributed by atoms with Gasteiger partial charge in [-0.05, 0) is 12.3 Å². The molecule has 2 heterocycles. The third-order valence-corrected chi connectivity index (χ3v) is 3.25. The Balaban J connectivity index is 2.28. The minimum Gasteiger partial charge on any atom is -0.220 e. The van der Waals surface area contributed by atoms with E-state index in [1.165, 1.54) is 0 Å². The Kier molecular flexibility index (Phi) is 2.70. The molecule has 0 aliphatic heterocycles. The van der Waals surface area contributed by atoms with Gasteiger partial charge in [-0.1, -0.05) is 11.8 Å². The van der Waals surface area contributed by atoms with E-state index in [2.05, 4.69) is 21.3 Å². The number of fused-ring (bicyclic) bond motifs is 1. The van der Waals surface area contributed by atoms with Crippen LogP contribution in [-0.2, 0) is 0 Å². The maximum atomic E-state index is 4.24. The van der Waals surface area contributed by atoms with Gasteiger partial charge in [-0.3, -0.25) is 0 Å². The summed E-state index contributed by atoms with van der Waals surface area (Å²) in [6.07, 6.45) is 5.62. The SMILES string of the molecule is CSCSc1nc2ncccn2n1. The number of hydrogen-bond acceptors (Lipinski definition) is 5. The fourth-order valence-corrected chi connectivity index (χ4v) is 2.07. The first kappa shape index (κ1) is 8.83. The normalized spacial score (nSPS) is 10.8. The quantitative estimate of drug-likeness (QED) is 0.570. The Morgan fingerprint density at radius 1 is 1.54 bits per heavy atom. The second kappa shape index (κ2) is 3.97. The monoisotopic (exact) mass is 212 g/mol. The fraction of sp³-hybridized carbons (Fsp3) is 0.286. The summed E-state index contributed by atoms with van der Waals surface area (Å²) in [6.45, 7) is 0. The molecule has 0 saturated heterocycles. The van der Waals surface area contributed by atoms with Crippen LogP contribution in [0.3, 0.4) is 0 Å². The molecule has 0 aliphatic rings. The molecule has 0 saturated carbocycles. The zero-order valence-corrected chi connectivity index (χ0v) is 8.68. The summed E-state index contributed by atoms with van der Waals surface area (Å²) in [5.41, 5.74) is 0. The van der Waals surface area contributed by atoms with Crippen LogP contribution in [0, 0.1) is 0 Å². The molecule has 6 heteroatoms. The Morgan fingerprint density at radius 2 is 2.46 bits per heavy atom. The molecule has 0 spiro atoms. The van der Waals surface area contributed by atoms with Crippen molar-refractivity contribution in [2.75, 3.05) is 11.3 Å². The van der Waals surface area contributed by atoms with E-state index in [0.717, 1.165) is 10.2 Å². The third-order valence-electron chi connectivity index (χ3n) is 1.40. The van der Waals surface area contributed by atoms with E-state index in [1.54, 1.807) is 34.2 Å². The molecule has 0 atom stereocenters. The van der Waals surface area contributed by atoms with E-state index < -0.39 is 0 Å². The van der Waals surface area contributed by atoms with Crippen LogP contribution in [0.4, 0.5) is 0 Å². The van der Waals surface area contributed by atoms with Crippen molar-refractivity contribution in [3.63, 3.8) is 0 Å².